The average molecular weight is 761 g/mol. The molecule has 9 aliphatic carbocycles. The normalized spacial score (nSPS) is 41.6. The topological polar surface area (TPSA) is 99.1 Å². The molecular weight excluding hydrogens is 697 g/mol. The Kier molecular flexibility index (Phi) is 8.88. The molecule has 11 rings (SSSR count). The fourth-order valence-electron chi connectivity index (χ4n) is 14.6. The lowest BCUT2D eigenvalue weighted by molar-refractivity contribution is -0.176. The standard InChI is InChI=1S/C49H64N2O5/c1-31(32-10-8-7-9-11-32)50-43(54)51(29-34-12-15-35-26-38(34)44(35,2)3)30-48(55)23-20-41-46(48,5)22-19-40-45(4)21-18-36(52)27-47(45)24-25-49(40,41)39(28-47)42(53)33-13-16-37(56-6)17-14-33/h7-11,13-14,16-17,24-25,28,31,34-36,38,40-41,52,55H,12,15,18-23,26-27,29-30H2,1-6H3,(H,50,54)/t31-,34+,35+,36?,38+,40-,41-,45-,46+,47+,48-,49-/m1/s1. The van der Waals surface area contributed by atoms with Crippen molar-refractivity contribution >= 4 is 11.8 Å². The molecule has 6 fully saturated rings. The summed E-state index contributed by atoms with van der Waals surface area (Å²) in [7, 11) is 1.64. The van der Waals surface area contributed by atoms with E-state index in [9.17, 15) is 15.0 Å². The Labute approximate surface area is 334 Å². The first kappa shape index (κ1) is 38.1. The maximum atomic E-state index is 15.0. The number of fused-ring (bicyclic) bond motifs is 3. The van der Waals surface area contributed by atoms with Crippen LogP contribution in [0.15, 0.2) is 78.4 Å². The monoisotopic (exact) mass is 760 g/mol. The number of nitrogens with zero attached hydrogens (tertiary/aromatic N) is 1. The first-order valence-corrected chi connectivity index (χ1v) is 21.7. The zero-order chi connectivity index (χ0) is 39.5. The molecule has 7 nitrogen and oxygen atoms in total. The molecule has 2 aromatic rings. The fraction of sp³-hybridized carbons (Fsp3) is 0.633. The van der Waals surface area contributed by atoms with Crippen LogP contribution in [0.2, 0.25) is 0 Å². The van der Waals surface area contributed by atoms with Crippen LogP contribution in [0.5, 0.6) is 5.75 Å². The molecule has 3 N–H and O–H groups in total. The molecule has 56 heavy (non-hydrogen) atoms. The van der Waals surface area contributed by atoms with E-state index in [1.807, 2.05) is 54.3 Å². The van der Waals surface area contributed by atoms with Crippen LogP contribution < -0.4 is 10.1 Å². The van der Waals surface area contributed by atoms with Crippen molar-refractivity contribution in [1.82, 2.24) is 10.2 Å². The number of Topliss-reactive ketones (excluding diaryl/α,β-unsaturated/α-hetero) is 1. The van der Waals surface area contributed by atoms with Gasteiger partial charge in [0.1, 0.15) is 5.75 Å². The highest BCUT2D eigenvalue weighted by Gasteiger charge is 2.74. The maximum absolute atomic E-state index is 15.0. The molecular formula is C49H64N2O5. The SMILES string of the molecule is COc1ccc(C(=O)C2=C[C@@]34C=C[C@@]25[C@@H]2CC[C@@](O)(CN(C[C@@H]6CC[C@H]7C[C@@H]6C7(C)C)C(=O)N[C@H](C)c6ccccc6)[C@@]2(C)CC[C@@H]5[C@@]3(C)CCC(O)C4)cc1. The van der Waals surface area contributed by atoms with Crippen LogP contribution in [0.1, 0.15) is 121 Å². The van der Waals surface area contributed by atoms with Gasteiger partial charge in [0.25, 0.3) is 0 Å². The summed E-state index contributed by atoms with van der Waals surface area (Å²) in [6.07, 6.45) is 15.6. The van der Waals surface area contributed by atoms with Crippen molar-refractivity contribution in [1.29, 1.82) is 0 Å². The molecule has 2 aromatic carbocycles. The maximum Gasteiger partial charge on any atom is 0.317 e. The smallest absolute Gasteiger partial charge is 0.317 e. The lowest BCUT2D eigenvalue weighted by atomic mass is 9.32. The Morgan fingerprint density at radius 2 is 1.59 bits per heavy atom. The largest absolute Gasteiger partial charge is 0.497 e. The van der Waals surface area contributed by atoms with Crippen LogP contribution in [0.3, 0.4) is 0 Å². The fourth-order valence-corrected chi connectivity index (χ4v) is 14.6. The summed E-state index contributed by atoms with van der Waals surface area (Å²) in [6.45, 7) is 12.5. The molecule has 6 saturated carbocycles. The van der Waals surface area contributed by atoms with Gasteiger partial charge in [-0.15, -0.1) is 0 Å². The summed E-state index contributed by atoms with van der Waals surface area (Å²) >= 11 is 0. The number of hydrogen-bond acceptors (Lipinski definition) is 5. The molecule has 1 unspecified atom stereocenters. The summed E-state index contributed by atoms with van der Waals surface area (Å²) in [5, 5.41) is 27.8. The van der Waals surface area contributed by atoms with Gasteiger partial charge >= 0.3 is 6.03 Å². The van der Waals surface area contributed by atoms with Gasteiger partial charge in [-0.1, -0.05) is 76.3 Å². The highest BCUT2D eigenvalue weighted by Crippen LogP contribution is 2.78. The van der Waals surface area contributed by atoms with Gasteiger partial charge in [-0.25, -0.2) is 4.79 Å². The van der Waals surface area contributed by atoms with Gasteiger partial charge in [0, 0.05) is 33.9 Å². The summed E-state index contributed by atoms with van der Waals surface area (Å²) < 4.78 is 5.45. The number of nitrogens with one attached hydrogen (secondary N) is 1. The molecule has 12 atom stereocenters. The number of aliphatic hydroxyl groups excluding tert-OH is 1. The Balaban J connectivity index is 1.08. The molecule has 300 valence electrons. The van der Waals surface area contributed by atoms with Crippen molar-refractivity contribution in [2.24, 2.45) is 56.7 Å². The van der Waals surface area contributed by atoms with E-state index in [0.717, 1.165) is 55.6 Å². The second-order valence-corrected chi connectivity index (χ2v) is 20.5. The third-order valence-electron chi connectivity index (χ3n) is 18.1. The zero-order valence-corrected chi connectivity index (χ0v) is 34.5. The third kappa shape index (κ3) is 5.27. The molecule has 0 saturated heterocycles. The van der Waals surface area contributed by atoms with E-state index in [4.69, 9.17) is 4.74 Å². The quantitative estimate of drug-likeness (QED) is 0.175. The summed E-state index contributed by atoms with van der Waals surface area (Å²) in [5.74, 6) is 2.73. The number of aliphatic hydroxyl groups is 2. The summed E-state index contributed by atoms with van der Waals surface area (Å²) in [6, 6.07) is 17.4. The number of benzene rings is 2. The van der Waals surface area contributed by atoms with Crippen molar-refractivity contribution in [3.05, 3.63) is 89.5 Å². The number of urea groups is 1. The second kappa shape index (κ2) is 13.0. The first-order chi connectivity index (χ1) is 26.6. The van der Waals surface area contributed by atoms with Gasteiger partial charge in [0.15, 0.2) is 5.78 Å². The number of ketones is 1. The van der Waals surface area contributed by atoms with Gasteiger partial charge in [-0.05, 0) is 141 Å². The second-order valence-electron chi connectivity index (χ2n) is 20.5. The van der Waals surface area contributed by atoms with Gasteiger partial charge in [0.2, 0.25) is 0 Å². The molecule has 0 aromatic heterocycles. The van der Waals surface area contributed by atoms with E-state index in [1.165, 1.54) is 12.8 Å². The van der Waals surface area contributed by atoms with E-state index >= 15 is 4.79 Å². The van der Waals surface area contributed by atoms with Crippen molar-refractivity contribution in [2.45, 2.75) is 117 Å². The van der Waals surface area contributed by atoms with Gasteiger partial charge in [-0.2, -0.15) is 0 Å². The summed E-state index contributed by atoms with van der Waals surface area (Å²) in [5.41, 5.74) is 0.109. The number of methoxy groups -OCH3 is 1. The third-order valence-corrected chi connectivity index (χ3v) is 18.1. The molecule has 0 aliphatic heterocycles. The Hall–Kier alpha value is -3.42. The Bertz CT molecular complexity index is 1940. The summed E-state index contributed by atoms with van der Waals surface area (Å²) in [4.78, 5) is 31.6. The van der Waals surface area contributed by atoms with E-state index in [2.05, 4.69) is 63.4 Å². The number of carbonyl (C=O) groups is 2. The van der Waals surface area contributed by atoms with E-state index in [1.54, 1.807) is 7.11 Å². The van der Waals surface area contributed by atoms with Crippen LogP contribution in [0.4, 0.5) is 4.79 Å². The van der Waals surface area contributed by atoms with Gasteiger partial charge in [-0.3, -0.25) is 4.79 Å². The molecule has 7 heteroatoms. The number of hydrogen-bond donors (Lipinski definition) is 3. The van der Waals surface area contributed by atoms with Crippen LogP contribution in [0.25, 0.3) is 0 Å². The number of allylic oxidation sites excluding steroid dienone is 4. The number of amides is 2. The van der Waals surface area contributed by atoms with Crippen LogP contribution in [-0.2, 0) is 0 Å². The van der Waals surface area contributed by atoms with Crippen LogP contribution in [-0.4, -0.2) is 58.8 Å². The molecule has 9 aliphatic rings. The van der Waals surface area contributed by atoms with Crippen LogP contribution in [0, 0.1) is 56.7 Å². The minimum Gasteiger partial charge on any atom is -0.497 e. The minimum absolute atomic E-state index is 0.0135. The lowest BCUT2D eigenvalue weighted by Crippen LogP contribution is -2.67. The first-order valence-electron chi connectivity index (χ1n) is 21.7. The minimum atomic E-state index is -1.13. The lowest BCUT2D eigenvalue weighted by Gasteiger charge is -2.71. The predicted octanol–water partition coefficient (Wildman–Crippen LogP) is 9.31. The molecule has 2 spiro atoms. The van der Waals surface area contributed by atoms with Crippen LogP contribution >= 0.6 is 0 Å². The number of carbonyl (C=O) groups excluding carboxylic acids is 2. The van der Waals surface area contributed by atoms with Crippen molar-refractivity contribution in [2.75, 3.05) is 20.2 Å². The molecule has 0 radical (unpaired) electrons. The molecule has 0 heterocycles. The molecule has 4 bridgehead atoms. The number of rotatable bonds is 9. The Morgan fingerprint density at radius 3 is 2.29 bits per heavy atom. The number of ether oxygens (including phenoxy) is 1. The highest BCUT2D eigenvalue weighted by molar-refractivity contribution is 6.10. The van der Waals surface area contributed by atoms with E-state index in [0.29, 0.717) is 42.5 Å². The zero-order valence-electron chi connectivity index (χ0n) is 34.5. The van der Waals surface area contributed by atoms with E-state index < -0.39 is 27.9 Å². The predicted molar refractivity (Wildman–Crippen MR) is 219 cm³/mol. The van der Waals surface area contributed by atoms with E-state index in [-0.39, 0.29) is 47.1 Å². The van der Waals surface area contributed by atoms with Crippen molar-refractivity contribution in [3.63, 3.8) is 0 Å². The van der Waals surface area contributed by atoms with Gasteiger partial charge < -0.3 is 25.2 Å². The van der Waals surface area contributed by atoms with Crippen molar-refractivity contribution in [3.8, 4) is 5.75 Å². The Morgan fingerprint density at radius 1 is 0.893 bits per heavy atom. The highest BCUT2D eigenvalue weighted by atomic mass is 16.5. The average Bonchev–Trinajstić information content (AvgIpc) is 3.47. The van der Waals surface area contributed by atoms with Gasteiger partial charge in [0.05, 0.1) is 31.4 Å². The molecule has 2 amide bonds. The van der Waals surface area contributed by atoms with Crippen molar-refractivity contribution < 1.29 is 24.5 Å².